The van der Waals surface area contributed by atoms with E-state index in [4.69, 9.17) is 5.73 Å². The number of nitrogens with two attached hydrogens (primary N) is 1. The van der Waals surface area contributed by atoms with E-state index in [1.54, 1.807) is 25.1 Å². The number of phenols is 1. The van der Waals surface area contributed by atoms with Crippen LogP contribution in [0.1, 0.15) is 48.0 Å². The lowest BCUT2D eigenvalue weighted by atomic mass is 9.74. The number of hydrogen-bond acceptors (Lipinski definition) is 3. The van der Waals surface area contributed by atoms with Gasteiger partial charge in [-0.2, -0.15) is 0 Å². The van der Waals surface area contributed by atoms with Crippen molar-refractivity contribution in [3.63, 3.8) is 0 Å². The second kappa shape index (κ2) is 6.27. The fourth-order valence-electron chi connectivity index (χ4n) is 2.99. The van der Waals surface area contributed by atoms with Gasteiger partial charge in [0, 0.05) is 17.7 Å². The maximum atomic E-state index is 12.3. The van der Waals surface area contributed by atoms with Crippen LogP contribution in [0, 0.1) is 12.3 Å². The van der Waals surface area contributed by atoms with Gasteiger partial charge in [-0.25, -0.2) is 0 Å². The van der Waals surface area contributed by atoms with Crippen LogP contribution in [0.15, 0.2) is 18.2 Å². The van der Waals surface area contributed by atoms with Gasteiger partial charge in [-0.3, -0.25) is 4.79 Å². The van der Waals surface area contributed by atoms with E-state index >= 15 is 0 Å². The van der Waals surface area contributed by atoms with Crippen LogP contribution in [0.25, 0.3) is 0 Å². The Balaban J connectivity index is 2.02. The molecule has 0 heterocycles. The number of aromatic hydroxyl groups is 1. The van der Waals surface area contributed by atoms with E-state index in [9.17, 15) is 9.90 Å². The summed E-state index contributed by atoms with van der Waals surface area (Å²) in [5.41, 5.74) is 7.14. The van der Waals surface area contributed by atoms with Crippen molar-refractivity contribution in [1.82, 2.24) is 5.32 Å². The Kier molecular flexibility index (Phi) is 4.65. The molecule has 1 saturated carbocycles. The number of phenolic OH excluding ortho intramolecular Hbond substituents is 1. The molecular weight excluding hydrogens is 252 g/mol. The third-order valence-corrected chi connectivity index (χ3v) is 4.52. The van der Waals surface area contributed by atoms with E-state index in [0.717, 1.165) is 12.8 Å². The molecule has 0 radical (unpaired) electrons. The van der Waals surface area contributed by atoms with Crippen molar-refractivity contribution < 1.29 is 9.90 Å². The van der Waals surface area contributed by atoms with Gasteiger partial charge in [0.25, 0.3) is 5.91 Å². The van der Waals surface area contributed by atoms with Gasteiger partial charge >= 0.3 is 0 Å². The van der Waals surface area contributed by atoms with E-state index in [0.29, 0.717) is 24.2 Å². The molecule has 4 N–H and O–H groups in total. The summed E-state index contributed by atoms with van der Waals surface area (Å²) in [4.78, 5) is 12.3. The summed E-state index contributed by atoms with van der Waals surface area (Å²) in [7, 11) is 0. The number of nitrogens with one attached hydrogen (secondary N) is 1. The van der Waals surface area contributed by atoms with Crippen molar-refractivity contribution >= 4 is 5.91 Å². The lowest BCUT2D eigenvalue weighted by Crippen LogP contribution is -2.43. The second-order valence-electron chi connectivity index (χ2n) is 5.90. The summed E-state index contributed by atoms with van der Waals surface area (Å²) in [6.45, 7) is 2.99. The van der Waals surface area contributed by atoms with Gasteiger partial charge in [-0.15, -0.1) is 0 Å². The molecule has 0 aliphatic heterocycles. The third-order valence-electron chi connectivity index (χ3n) is 4.52. The predicted octanol–water partition coefficient (Wildman–Crippen LogP) is 2.34. The van der Waals surface area contributed by atoms with Gasteiger partial charge in [0.1, 0.15) is 5.75 Å². The lowest BCUT2D eigenvalue weighted by molar-refractivity contribution is 0.0913. The highest BCUT2D eigenvalue weighted by molar-refractivity contribution is 5.96. The zero-order valence-corrected chi connectivity index (χ0v) is 12.1. The van der Waals surface area contributed by atoms with E-state index in [2.05, 4.69) is 5.32 Å². The van der Waals surface area contributed by atoms with Gasteiger partial charge in [-0.1, -0.05) is 25.3 Å². The number of hydrogen-bond donors (Lipinski definition) is 3. The first-order valence-electron chi connectivity index (χ1n) is 7.35. The summed E-state index contributed by atoms with van der Waals surface area (Å²) < 4.78 is 0. The smallest absolute Gasteiger partial charge is 0.251 e. The van der Waals surface area contributed by atoms with Gasteiger partial charge in [0.05, 0.1) is 0 Å². The van der Waals surface area contributed by atoms with Crippen molar-refractivity contribution in [2.75, 3.05) is 13.1 Å². The summed E-state index contributed by atoms with van der Waals surface area (Å²) in [6, 6.07) is 5.02. The van der Waals surface area contributed by atoms with Crippen molar-refractivity contribution in [2.45, 2.75) is 39.0 Å². The Morgan fingerprint density at radius 3 is 2.70 bits per heavy atom. The zero-order valence-electron chi connectivity index (χ0n) is 12.1. The fourth-order valence-corrected chi connectivity index (χ4v) is 2.99. The molecule has 1 aliphatic rings. The van der Waals surface area contributed by atoms with Crippen molar-refractivity contribution in [3.05, 3.63) is 29.3 Å². The Morgan fingerprint density at radius 2 is 2.05 bits per heavy atom. The maximum Gasteiger partial charge on any atom is 0.251 e. The predicted molar refractivity (Wildman–Crippen MR) is 79.7 cm³/mol. The van der Waals surface area contributed by atoms with E-state index in [1.807, 2.05) is 0 Å². The first kappa shape index (κ1) is 14.9. The van der Waals surface area contributed by atoms with Crippen molar-refractivity contribution in [2.24, 2.45) is 11.1 Å². The van der Waals surface area contributed by atoms with Gasteiger partial charge in [-0.05, 0) is 43.9 Å². The Labute approximate surface area is 120 Å². The van der Waals surface area contributed by atoms with Gasteiger partial charge in [0.2, 0.25) is 0 Å². The minimum Gasteiger partial charge on any atom is -0.508 e. The molecule has 4 nitrogen and oxygen atoms in total. The number of amides is 1. The SMILES string of the molecule is Cc1c(O)cccc1C(=O)NCC1(CN)CCCCC1. The minimum absolute atomic E-state index is 0.0542. The standard InChI is InChI=1S/C16H24N2O2/c1-12-13(6-5-7-14(12)19)15(20)18-11-16(10-17)8-3-2-4-9-16/h5-7,19H,2-4,8-11,17H2,1H3,(H,18,20). The number of benzene rings is 1. The van der Waals surface area contributed by atoms with Crippen LogP contribution in [0.4, 0.5) is 0 Å². The zero-order chi connectivity index (χ0) is 14.6. The van der Waals surface area contributed by atoms with Crippen molar-refractivity contribution in [1.29, 1.82) is 0 Å². The van der Waals surface area contributed by atoms with Crippen LogP contribution in [0.5, 0.6) is 5.75 Å². The molecule has 1 aliphatic carbocycles. The average molecular weight is 276 g/mol. The number of carbonyl (C=O) groups excluding carboxylic acids is 1. The monoisotopic (exact) mass is 276 g/mol. The van der Waals surface area contributed by atoms with E-state index < -0.39 is 0 Å². The van der Waals surface area contributed by atoms with Crippen LogP contribution in [-0.2, 0) is 0 Å². The minimum atomic E-state index is -0.128. The lowest BCUT2D eigenvalue weighted by Gasteiger charge is -2.36. The topological polar surface area (TPSA) is 75.3 Å². The largest absolute Gasteiger partial charge is 0.508 e. The van der Waals surface area contributed by atoms with Crippen LogP contribution < -0.4 is 11.1 Å². The molecular formula is C16H24N2O2. The number of carbonyl (C=O) groups is 1. The van der Waals surface area contributed by atoms with Crippen LogP contribution in [0.3, 0.4) is 0 Å². The highest BCUT2D eigenvalue weighted by Crippen LogP contribution is 2.34. The average Bonchev–Trinajstić information content (AvgIpc) is 2.48. The molecule has 0 unspecified atom stereocenters. The molecule has 110 valence electrons. The molecule has 0 bridgehead atoms. The molecule has 2 rings (SSSR count). The molecule has 1 fully saturated rings. The molecule has 1 aromatic carbocycles. The number of rotatable bonds is 4. The Bertz CT molecular complexity index is 479. The summed E-state index contributed by atoms with van der Waals surface area (Å²) in [5, 5.41) is 12.7. The molecule has 0 spiro atoms. The highest BCUT2D eigenvalue weighted by atomic mass is 16.3. The highest BCUT2D eigenvalue weighted by Gasteiger charge is 2.31. The third kappa shape index (κ3) is 3.12. The van der Waals surface area contributed by atoms with Crippen LogP contribution in [0.2, 0.25) is 0 Å². The molecule has 4 heteroatoms. The molecule has 0 saturated heterocycles. The molecule has 1 amide bonds. The molecule has 0 atom stereocenters. The van der Waals surface area contributed by atoms with Crippen LogP contribution >= 0.6 is 0 Å². The van der Waals surface area contributed by atoms with Crippen LogP contribution in [-0.4, -0.2) is 24.1 Å². The van der Waals surface area contributed by atoms with E-state index in [-0.39, 0.29) is 17.1 Å². The van der Waals surface area contributed by atoms with Crippen molar-refractivity contribution in [3.8, 4) is 5.75 Å². The second-order valence-corrected chi connectivity index (χ2v) is 5.90. The van der Waals surface area contributed by atoms with E-state index in [1.165, 1.54) is 19.3 Å². The molecule has 20 heavy (non-hydrogen) atoms. The van der Waals surface area contributed by atoms with Gasteiger partial charge < -0.3 is 16.2 Å². The normalized spacial score (nSPS) is 17.7. The Hall–Kier alpha value is -1.55. The quantitative estimate of drug-likeness (QED) is 0.790. The van der Waals surface area contributed by atoms with Gasteiger partial charge in [0.15, 0.2) is 0 Å². The first-order chi connectivity index (χ1) is 9.58. The summed E-state index contributed by atoms with van der Waals surface area (Å²) >= 11 is 0. The summed E-state index contributed by atoms with van der Waals surface area (Å²) in [5.74, 6) is 0.0284. The first-order valence-corrected chi connectivity index (χ1v) is 7.35. The maximum absolute atomic E-state index is 12.3. The molecule has 1 aromatic rings. The Morgan fingerprint density at radius 1 is 1.35 bits per heavy atom. The summed E-state index contributed by atoms with van der Waals surface area (Å²) in [6.07, 6.45) is 5.82. The molecule has 0 aromatic heterocycles. The fraction of sp³-hybridized carbons (Fsp3) is 0.562.